The van der Waals surface area contributed by atoms with Gasteiger partial charge in [0.2, 0.25) is 0 Å². The van der Waals surface area contributed by atoms with E-state index in [1.807, 2.05) is 49.6 Å². The van der Waals surface area contributed by atoms with E-state index >= 15 is 0 Å². The molecule has 0 radical (unpaired) electrons. The zero-order chi connectivity index (χ0) is 13.8. The highest BCUT2D eigenvalue weighted by Gasteiger charge is 2.09. The first-order valence-corrected chi connectivity index (χ1v) is 6.31. The fourth-order valence-corrected chi connectivity index (χ4v) is 2.25. The number of anilines is 1. The van der Waals surface area contributed by atoms with Crippen molar-refractivity contribution in [3.05, 3.63) is 70.8 Å². The Labute approximate surface area is 118 Å². The number of allylic oxidation sites excluding steroid dienone is 7. The van der Waals surface area contributed by atoms with E-state index in [2.05, 4.69) is 11.9 Å². The first-order valence-electron chi connectivity index (χ1n) is 5.93. The van der Waals surface area contributed by atoms with Gasteiger partial charge in [0.05, 0.1) is 0 Å². The van der Waals surface area contributed by atoms with Gasteiger partial charge in [-0.3, -0.25) is 0 Å². The molecule has 0 spiro atoms. The van der Waals surface area contributed by atoms with Crippen molar-refractivity contribution in [1.82, 2.24) is 0 Å². The molecule has 1 aliphatic rings. The molecule has 1 aliphatic carbocycles. The standard InChI is InChI=1S/C16H15ClN2/c1-11-4-3-5-14(15(17)8-11)12-6-7-13(10-18)16(9-12)19-2/h3-10,18-19H,1H2,2H3. The second-order valence-corrected chi connectivity index (χ2v) is 4.61. The third-order valence-electron chi connectivity index (χ3n) is 2.93. The lowest BCUT2D eigenvalue weighted by atomic mass is 10.0. The SMILES string of the molecule is C=C1C=CC=C(c2ccc(C=N)c(NC)c2)C(Cl)=C1. The summed E-state index contributed by atoms with van der Waals surface area (Å²) in [4.78, 5) is 0. The van der Waals surface area contributed by atoms with Crippen LogP contribution in [0.5, 0.6) is 0 Å². The van der Waals surface area contributed by atoms with Crippen molar-refractivity contribution in [1.29, 1.82) is 5.41 Å². The minimum Gasteiger partial charge on any atom is -0.388 e. The zero-order valence-electron chi connectivity index (χ0n) is 10.7. The molecule has 0 saturated carbocycles. The molecule has 0 aromatic heterocycles. The van der Waals surface area contributed by atoms with Crippen LogP contribution < -0.4 is 5.32 Å². The summed E-state index contributed by atoms with van der Waals surface area (Å²) in [5.74, 6) is 0. The Bertz CT molecular complexity index is 622. The van der Waals surface area contributed by atoms with Crippen LogP contribution in [-0.2, 0) is 0 Å². The van der Waals surface area contributed by atoms with E-state index in [4.69, 9.17) is 17.0 Å². The molecule has 0 saturated heterocycles. The van der Waals surface area contributed by atoms with Crippen molar-refractivity contribution in [2.75, 3.05) is 12.4 Å². The number of hydrogen-bond donors (Lipinski definition) is 2. The number of rotatable bonds is 3. The Kier molecular flexibility index (Phi) is 4.03. The minimum atomic E-state index is 0.666. The van der Waals surface area contributed by atoms with Crippen LogP contribution >= 0.6 is 11.6 Å². The molecule has 2 N–H and O–H groups in total. The van der Waals surface area contributed by atoms with Crippen LogP contribution in [0.2, 0.25) is 0 Å². The Balaban J connectivity index is 2.50. The molecule has 1 aromatic carbocycles. The van der Waals surface area contributed by atoms with Gasteiger partial charge in [0.1, 0.15) is 0 Å². The van der Waals surface area contributed by atoms with Crippen molar-refractivity contribution < 1.29 is 0 Å². The zero-order valence-corrected chi connectivity index (χ0v) is 11.5. The predicted molar refractivity (Wildman–Crippen MR) is 84.1 cm³/mol. The van der Waals surface area contributed by atoms with Gasteiger partial charge in [0.15, 0.2) is 0 Å². The first-order chi connectivity index (χ1) is 9.15. The summed E-state index contributed by atoms with van der Waals surface area (Å²) in [5.41, 5.74) is 4.59. The third-order valence-corrected chi connectivity index (χ3v) is 3.24. The molecule has 19 heavy (non-hydrogen) atoms. The maximum atomic E-state index is 7.36. The Morgan fingerprint density at radius 3 is 2.84 bits per heavy atom. The molecule has 96 valence electrons. The second-order valence-electron chi connectivity index (χ2n) is 4.20. The molecule has 0 aliphatic heterocycles. The van der Waals surface area contributed by atoms with Gasteiger partial charge in [0, 0.05) is 35.1 Å². The van der Waals surface area contributed by atoms with Gasteiger partial charge in [-0.2, -0.15) is 0 Å². The Morgan fingerprint density at radius 1 is 1.37 bits per heavy atom. The molecule has 0 heterocycles. The monoisotopic (exact) mass is 270 g/mol. The van der Waals surface area contributed by atoms with E-state index in [0.29, 0.717) is 5.03 Å². The van der Waals surface area contributed by atoms with Crippen LogP contribution in [0.25, 0.3) is 5.57 Å². The predicted octanol–water partition coefficient (Wildman–Crippen LogP) is 4.36. The van der Waals surface area contributed by atoms with E-state index in [1.165, 1.54) is 6.21 Å². The smallest absolute Gasteiger partial charge is 0.0490 e. The Morgan fingerprint density at radius 2 is 2.16 bits per heavy atom. The lowest BCUT2D eigenvalue weighted by molar-refractivity contribution is 1.46. The number of hydrogen-bond acceptors (Lipinski definition) is 2. The average Bonchev–Trinajstić information content (AvgIpc) is 2.58. The molecule has 1 aromatic rings. The molecule has 2 nitrogen and oxygen atoms in total. The van der Waals surface area contributed by atoms with Crippen molar-refractivity contribution in [2.24, 2.45) is 0 Å². The van der Waals surface area contributed by atoms with Gasteiger partial charge < -0.3 is 10.7 Å². The summed E-state index contributed by atoms with van der Waals surface area (Å²) in [7, 11) is 1.84. The number of benzene rings is 1. The molecular weight excluding hydrogens is 256 g/mol. The number of halogens is 1. The molecular formula is C16H15ClN2. The lowest BCUT2D eigenvalue weighted by Gasteiger charge is -2.10. The summed E-state index contributed by atoms with van der Waals surface area (Å²) < 4.78 is 0. The van der Waals surface area contributed by atoms with Gasteiger partial charge in [0.25, 0.3) is 0 Å². The van der Waals surface area contributed by atoms with Crippen molar-refractivity contribution in [3.63, 3.8) is 0 Å². The van der Waals surface area contributed by atoms with Gasteiger partial charge in [-0.15, -0.1) is 0 Å². The van der Waals surface area contributed by atoms with Crippen LogP contribution in [-0.4, -0.2) is 13.3 Å². The first kappa shape index (κ1) is 13.4. The highest BCUT2D eigenvalue weighted by molar-refractivity contribution is 6.37. The summed E-state index contributed by atoms with van der Waals surface area (Å²) in [6.07, 6.45) is 9.00. The fourth-order valence-electron chi connectivity index (χ4n) is 1.94. The quantitative estimate of drug-likeness (QED) is 0.787. The van der Waals surface area contributed by atoms with Crippen LogP contribution in [0.15, 0.2) is 59.7 Å². The van der Waals surface area contributed by atoms with E-state index in [9.17, 15) is 0 Å². The molecule has 0 amide bonds. The van der Waals surface area contributed by atoms with Crippen molar-refractivity contribution >= 4 is 29.1 Å². The van der Waals surface area contributed by atoms with Crippen molar-refractivity contribution in [3.8, 4) is 0 Å². The highest BCUT2D eigenvalue weighted by Crippen LogP contribution is 2.31. The fraction of sp³-hybridized carbons (Fsp3) is 0.0625. The van der Waals surface area contributed by atoms with Crippen molar-refractivity contribution in [2.45, 2.75) is 0 Å². The van der Waals surface area contributed by atoms with E-state index in [1.54, 1.807) is 0 Å². The van der Waals surface area contributed by atoms with Gasteiger partial charge >= 0.3 is 0 Å². The van der Waals surface area contributed by atoms with E-state index < -0.39 is 0 Å². The lowest BCUT2D eigenvalue weighted by Crippen LogP contribution is -1.96. The molecule has 2 rings (SSSR count). The average molecular weight is 271 g/mol. The van der Waals surface area contributed by atoms with Crippen LogP contribution in [0.1, 0.15) is 11.1 Å². The van der Waals surface area contributed by atoms with Crippen LogP contribution in [0, 0.1) is 5.41 Å². The van der Waals surface area contributed by atoms with Gasteiger partial charge in [-0.1, -0.05) is 48.5 Å². The molecule has 0 fully saturated rings. The molecule has 3 heteroatoms. The summed E-state index contributed by atoms with van der Waals surface area (Å²) in [6, 6.07) is 5.86. The largest absolute Gasteiger partial charge is 0.388 e. The highest BCUT2D eigenvalue weighted by atomic mass is 35.5. The van der Waals surface area contributed by atoms with E-state index in [-0.39, 0.29) is 0 Å². The number of nitrogens with one attached hydrogen (secondary N) is 2. The maximum absolute atomic E-state index is 7.36. The topological polar surface area (TPSA) is 35.9 Å². The maximum Gasteiger partial charge on any atom is 0.0490 e. The summed E-state index contributed by atoms with van der Waals surface area (Å²) in [6.45, 7) is 3.89. The molecule has 0 unspecified atom stereocenters. The van der Waals surface area contributed by atoms with Gasteiger partial charge in [-0.25, -0.2) is 0 Å². The second kappa shape index (κ2) is 5.72. The van der Waals surface area contributed by atoms with E-state index in [0.717, 1.165) is 28.0 Å². The van der Waals surface area contributed by atoms with Crippen LogP contribution in [0.4, 0.5) is 5.69 Å². The Hall–Kier alpha value is -2.06. The minimum absolute atomic E-state index is 0.666. The third kappa shape index (κ3) is 2.85. The molecule has 0 atom stereocenters. The van der Waals surface area contributed by atoms with Crippen LogP contribution in [0.3, 0.4) is 0 Å². The summed E-state index contributed by atoms with van der Waals surface area (Å²) in [5, 5.41) is 11.1. The van der Waals surface area contributed by atoms with Gasteiger partial charge in [-0.05, 0) is 23.3 Å². The molecule has 0 bridgehead atoms. The summed E-state index contributed by atoms with van der Waals surface area (Å²) >= 11 is 6.31. The normalized spacial score (nSPS) is 14.5.